The number of hydrogen-bond donors (Lipinski definition) is 1. The van der Waals surface area contributed by atoms with E-state index in [1.54, 1.807) is 24.3 Å². The zero-order chi connectivity index (χ0) is 15.4. The van der Waals surface area contributed by atoms with Gasteiger partial charge in [-0.1, -0.05) is 15.9 Å². The van der Waals surface area contributed by atoms with Crippen molar-refractivity contribution < 1.29 is 14.9 Å². The summed E-state index contributed by atoms with van der Waals surface area (Å²) in [6, 6.07) is 3.45. The molecule has 7 heteroatoms. The van der Waals surface area contributed by atoms with Gasteiger partial charge in [0.15, 0.2) is 0 Å². The van der Waals surface area contributed by atoms with Gasteiger partial charge in [-0.05, 0) is 36.8 Å². The fraction of sp³-hybridized carbons (Fsp3) is 0.571. The smallest absolute Gasteiger partial charge is 0.270 e. The zero-order valence-corrected chi connectivity index (χ0v) is 13.5. The van der Waals surface area contributed by atoms with Crippen LogP contribution in [0.15, 0.2) is 16.6 Å². The van der Waals surface area contributed by atoms with Crippen molar-refractivity contribution in [2.75, 3.05) is 20.3 Å². The topological polar surface area (TPSA) is 75.8 Å². The van der Waals surface area contributed by atoms with Crippen LogP contribution >= 0.6 is 15.9 Å². The minimum Gasteiger partial charge on any atom is -0.395 e. The van der Waals surface area contributed by atoms with Crippen molar-refractivity contribution in [2.24, 2.45) is 0 Å². The number of benzene rings is 1. The van der Waals surface area contributed by atoms with Gasteiger partial charge in [0.2, 0.25) is 0 Å². The third kappa shape index (κ3) is 3.79. The Bertz CT molecular complexity index is 524. The quantitative estimate of drug-likeness (QED) is 0.497. The largest absolute Gasteiger partial charge is 0.395 e. The molecule has 0 aromatic heterocycles. The van der Waals surface area contributed by atoms with Crippen LogP contribution in [0.5, 0.6) is 0 Å². The number of rotatable bonds is 5. The first-order valence-corrected chi connectivity index (χ1v) is 7.73. The molecule has 1 aromatic carbocycles. The first kappa shape index (κ1) is 16.4. The molecule has 1 aromatic rings. The molecular formula is C14H19BrN2O4. The van der Waals surface area contributed by atoms with E-state index in [1.165, 1.54) is 0 Å². The lowest BCUT2D eigenvalue weighted by Gasteiger charge is -2.27. The number of aliphatic hydroxyl groups excluding tert-OH is 1. The minimum absolute atomic E-state index is 0.0481. The summed E-state index contributed by atoms with van der Waals surface area (Å²) in [7, 11) is 1.61. The molecule has 0 aliphatic heterocycles. The Morgan fingerprint density at radius 3 is 2.81 bits per heavy atom. The van der Waals surface area contributed by atoms with Gasteiger partial charge < -0.3 is 9.94 Å². The third-order valence-electron chi connectivity index (χ3n) is 3.92. The number of non-ortho nitro benzene ring substituents is 1. The lowest BCUT2D eigenvalue weighted by atomic mass is 10.0. The number of hydrogen-bond acceptors (Lipinski definition) is 5. The number of nitro benzene ring substituents is 1. The summed E-state index contributed by atoms with van der Waals surface area (Å²) in [6.07, 6.45) is 3.36. The van der Waals surface area contributed by atoms with Crippen molar-refractivity contribution in [1.82, 2.24) is 5.06 Å². The van der Waals surface area contributed by atoms with Gasteiger partial charge >= 0.3 is 0 Å². The Balaban J connectivity index is 2.20. The van der Waals surface area contributed by atoms with Crippen LogP contribution in [0.3, 0.4) is 0 Å². The summed E-state index contributed by atoms with van der Waals surface area (Å²) in [4.78, 5) is 15.9. The number of aliphatic hydroxyl groups is 1. The number of fused-ring (bicyclic) bond motifs is 1. The van der Waals surface area contributed by atoms with Crippen LogP contribution in [-0.4, -0.2) is 41.4 Å². The number of halogens is 1. The molecule has 0 fully saturated rings. The summed E-state index contributed by atoms with van der Waals surface area (Å²) in [5.74, 6) is 0. The van der Waals surface area contributed by atoms with Crippen molar-refractivity contribution in [1.29, 1.82) is 0 Å². The lowest BCUT2D eigenvalue weighted by Crippen LogP contribution is -2.36. The first-order chi connectivity index (χ1) is 10.1. The summed E-state index contributed by atoms with van der Waals surface area (Å²) in [6.45, 7) is 0.519. The standard InChI is InChI=1S/C14H19BrN2O4/c1-21-16(6-7-18)11-3-2-10-8-12(17(19)20)9-14(15)13(10)5-4-11/h8-9,11,18H,2-7H2,1H3. The van der Waals surface area contributed by atoms with E-state index in [2.05, 4.69) is 15.9 Å². The van der Waals surface area contributed by atoms with Gasteiger partial charge in [-0.2, -0.15) is 5.06 Å². The molecule has 2 rings (SSSR count). The molecule has 0 bridgehead atoms. The second-order valence-electron chi connectivity index (χ2n) is 5.10. The molecule has 1 atom stereocenters. The van der Waals surface area contributed by atoms with E-state index in [-0.39, 0.29) is 23.3 Å². The van der Waals surface area contributed by atoms with Crippen molar-refractivity contribution in [3.05, 3.63) is 37.8 Å². The van der Waals surface area contributed by atoms with Crippen molar-refractivity contribution in [3.8, 4) is 0 Å². The minimum atomic E-state index is -0.360. The maximum atomic E-state index is 11.0. The Labute approximate surface area is 131 Å². The van der Waals surface area contributed by atoms with Gasteiger partial charge in [-0.15, -0.1) is 0 Å². The molecule has 1 unspecified atom stereocenters. The van der Waals surface area contributed by atoms with E-state index in [0.717, 1.165) is 41.3 Å². The van der Waals surface area contributed by atoms with Crippen LogP contribution in [0.4, 0.5) is 5.69 Å². The molecule has 1 aliphatic carbocycles. The van der Waals surface area contributed by atoms with Crippen molar-refractivity contribution in [3.63, 3.8) is 0 Å². The molecule has 0 saturated carbocycles. The normalized spacial score (nSPS) is 18.4. The first-order valence-electron chi connectivity index (χ1n) is 6.94. The van der Waals surface area contributed by atoms with E-state index in [4.69, 9.17) is 9.94 Å². The second-order valence-corrected chi connectivity index (χ2v) is 5.95. The monoisotopic (exact) mass is 358 g/mol. The number of hydroxylamine groups is 2. The highest BCUT2D eigenvalue weighted by Crippen LogP contribution is 2.32. The molecule has 116 valence electrons. The fourth-order valence-electron chi connectivity index (χ4n) is 2.87. The molecule has 0 saturated heterocycles. The third-order valence-corrected chi connectivity index (χ3v) is 4.63. The molecule has 1 N–H and O–H groups in total. The van der Waals surface area contributed by atoms with Crippen LogP contribution in [-0.2, 0) is 17.7 Å². The van der Waals surface area contributed by atoms with Crippen molar-refractivity contribution >= 4 is 21.6 Å². The SMILES string of the molecule is CON(CCO)C1CCc2cc([N+](=O)[O-])cc(Br)c2CC1. The maximum absolute atomic E-state index is 11.0. The molecule has 0 spiro atoms. The number of nitro groups is 1. The highest BCUT2D eigenvalue weighted by atomic mass is 79.9. The van der Waals surface area contributed by atoms with E-state index in [1.807, 2.05) is 0 Å². The van der Waals surface area contributed by atoms with Gasteiger partial charge in [-0.25, -0.2) is 0 Å². The van der Waals surface area contributed by atoms with E-state index >= 15 is 0 Å². The van der Waals surface area contributed by atoms with Crippen LogP contribution in [0, 0.1) is 10.1 Å². The van der Waals surface area contributed by atoms with Crippen LogP contribution in [0.1, 0.15) is 24.0 Å². The summed E-state index contributed by atoms with van der Waals surface area (Å²) in [5.41, 5.74) is 2.29. The van der Waals surface area contributed by atoms with E-state index < -0.39 is 0 Å². The summed E-state index contributed by atoms with van der Waals surface area (Å²) >= 11 is 3.45. The predicted molar refractivity (Wildman–Crippen MR) is 82.0 cm³/mol. The Hall–Kier alpha value is -1.02. The van der Waals surface area contributed by atoms with Crippen LogP contribution in [0.2, 0.25) is 0 Å². The molecule has 1 aliphatic rings. The Kier molecular flexibility index (Phi) is 5.69. The van der Waals surface area contributed by atoms with E-state index in [9.17, 15) is 10.1 Å². The number of aryl methyl sites for hydroxylation is 1. The Morgan fingerprint density at radius 1 is 1.48 bits per heavy atom. The summed E-state index contributed by atoms with van der Waals surface area (Å²) in [5, 5.41) is 21.8. The average Bonchev–Trinajstić information content (AvgIpc) is 2.67. The Morgan fingerprint density at radius 2 is 2.19 bits per heavy atom. The lowest BCUT2D eigenvalue weighted by molar-refractivity contribution is -0.385. The van der Waals surface area contributed by atoms with Gasteiger partial charge in [-0.3, -0.25) is 10.1 Å². The molecular weight excluding hydrogens is 340 g/mol. The maximum Gasteiger partial charge on any atom is 0.270 e. The molecule has 6 nitrogen and oxygen atoms in total. The predicted octanol–water partition coefficient (Wildman–Crippen LogP) is 2.46. The second kappa shape index (κ2) is 7.31. The highest BCUT2D eigenvalue weighted by Gasteiger charge is 2.24. The van der Waals surface area contributed by atoms with Gasteiger partial charge in [0.05, 0.1) is 18.6 Å². The van der Waals surface area contributed by atoms with Crippen LogP contribution < -0.4 is 0 Å². The summed E-state index contributed by atoms with van der Waals surface area (Å²) < 4.78 is 0.804. The fourth-order valence-corrected chi connectivity index (χ4v) is 3.56. The highest BCUT2D eigenvalue weighted by molar-refractivity contribution is 9.10. The van der Waals surface area contributed by atoms with Crippen LogP contribution in [0.25, 0.3) is 0 Å². The zero-order valence-electron chi connectivity index (χ0n) is 11.9. The van der Waals surface area contributed by atoms with E-state index in [0.29, 0.717) is 6.54 Å². The molecule has 0 heterocycles. The van der Waals surface area contributed by atoms with Gasteiger partial charge in [0.25, 0.3) is 5.69 Å². The molecule has 0 amide bonds. The number of nitrogens with zero attached hydrogens (tertiary/aromatic N) is 2. The average molecular weight is 359 g/mol. The molecule has 0 radical (unpaired) electrons. The molecule has 21 heavy (non-hydrogen) atoms. The van der Waals surface area contributed by atoms with Crippen molar-refractivity contribution in [2.45, 2.75) is 31.7 Å². The van der Waals surface area contributed by atoms with Gasteiger partial charge in [0.1, 0.15) is 0 Å². The van der Waals surface area contributed by atoms with Gasteiger partial charge in [0, 0.05) is 29.2 Å².